The summed E-state index contributed by atoms with van der Waals surface area (Å²) in [7, 11) is 0. The first-order valence-electron chi connectivity index (χ1n) is 15.1. The Hall–Kier alpha value is -4.08. The van der Waals surface area contributed by atoms with E-state index >= 15 is 0 Å². The van der Waals surface area contributed by atoms with Gasteiger partial charge in [0.2, 0.25) is 27.4 Å². The molecule has 0 saturated carbocycles. The minimum atomic E-state index is -2.77. The summed E-state index contributed by atoms with van der Waals surface area (Å²) in [6.45, 7) is 2.77. The fourth-order valence-corrected chi connectivity index (χ4v) is 7.50. The largest absolute Gasteiger partial charge is 0.445 e. The summed E-state index contributed by atoms with van der Waals surface area (Å²) in [4.78, 5) is 59.1. The number of aliphatic hydroxyl groups is 2. The number of carbonyl (C=O) groups excluding carboxylic acids is 4. The number of hydrogen-bond donors (Lipinski definition) is 6. The van der Waals surface area contributed by atoms with Crippen molar-refractivity contribution in [3.05, 3.63) is 71.6 Å². The molecule has 48 heavy (non-hydrogen) atoms. The molecule has 3 fully saturated rings. The van der Waals surface area contributed by atoms with Crippen LogP contribution in [0.2, 0.25) is 0 Å². The van der Waals surface area contributed by atoms with Crippen molar-refractivity contribution in [2.45, 2.75) is 52.6 Å². The molecule has 252 valence electrons. The van der Waals surface area contributed by atoms with Crippen LogP contribution in [0.3, 0.4) is 0 Å². The number of nitrogens with zero attached hydrogens (tertiary/aromatic N) is 3. The average molecular weight is 719 g/mol. The molecule has 4 atom stereocenters. The van der Waals surface area contributed by atoms with Crippen molar-refractivity contribution in [3.63, 3.8) is 0 Å². The van der Waals surface area contributed by atoms with Crippen molar-refractivity contribution in [1.29, 1.82) is 0 Å². The normalized spacial score (nSPS) is 26.6. The van der Waals surface area contributed by atoms with E-state index in [4.69, 9.17) is 39.5 Å². The highest BCUT2D eigenvalue weighted by Crippen LogP contribution is 2.46. The summed E-state index contributed by atoms with van der Waals surface area (Å²) in [5.41, 5.74) is 2.13. The summed E-state index contributed by atoms with van der Waals surface area (Å²) in [6, 6.07) is 9.69. The molecule has 1 spiro atoms. The molecule has 6 N–H and O–H groups in total. The summed E-state index contributed by atoms with van der Waals surface area (Å²) in [5, 5.41) is 35.5. The number of rotatable bonds is 5. The maximum Gasteiger partial charge on any atom is 0.414 e. The summed E-state index contributed by atoms with van der Waals surface area (Å²) in [6.07, 6.45) is -0.386. The smallest absolute Gasteiger partial charge is 0.414 e. The van der Waals surface area contributed by atoms with Gasteiger partial charge in [0, 0.05) is 24.9 Å². The second-order valence-corrected chi connectivity index (χ2v) is 14.8. The molecule has 3 saturated heterocycles. The van der Waals surface area contributed by atoms with Gasteiger partial charge >= 0.3 is 6.09 Å². The zero-order valence-corrected chi connectivity index (χ0v) is 27.4. The van der Waals surface area contributed by atoms with Crippen LogP contribution in [0.15, 0.2) is 59.9 Å². The molecule has 0 radical (unpaired) electrons. The van der Waals surface area contributed by atoms with E-state index < -0.39 is 63.8 Å². The molecule has 5 aliphatic rings. The van der Waals surface area contributed by atoms with Gasteiger partial charge in [-0.15, -0.1) is 0 Å². The molecule has 4 amide bonds. The van der Waals surface area contributed by atoms with E-state index in [0.717, 1.165) is 27.2 Å². The molecule has 1 aliphatic carbocycles. The lowest BCUT2D eigenvalue weighted by molar-refractivity contribution is -0.231. The zero-order chi connectivity index (χ0) is 34.2. The lowest BCUT2D eigenvalue weighted by atomic mass is 9.85. The van der Waals surface area contributed by atoms with Gasteiger partial charge in [-0.1, -0.05) is 77.8 Å². The molecule has 17 heteroatoms. The van der Waals surface area contributed by atoms with Gasteiger partial charge in [-0.3, -0.25) is 24.6 Å². The van der Waals surface area contributed by atoms with E-state index in [1.807, 2.05) is 30.3 Å². The first-order chi connectivity index (χ1) is 22.7. The maximum absolute atomic E-state index is 14.0. The van der Waals surface area contributed by atoms with Gasteiger partial charge in [-0.05, 0) is 34.7 Å². The lowest BCUT2D eigenvalue weighted by Gasteiger charge is -2.49. The van der Waals surface area contributed by atoms with Crippen molar-refractivity contribution in [2.75, 3.05) is 19.7 Å². The number of carbonyl (C=O) groups is 4. The minimum absolute atomic E-state index is 0.0236. The van der Waals surface area contributed by atoms with Gasteiger partial charge < -0.3 is 35.8 Å². The first-order valence-corrected chi connectivity index (χ1v) is 16.2. The van der Waals surface area contributed by atoms with Crippen LogP contribution in [0.25, 0.3) is 11.1 Å². The number of alkyl carbamates (subject to hydrolysis) is 1. The maximum atomic E-state index is 14.0. The van der Waals surface area contributed by atoms with Crippen molar-refractivity contribution < 1.29 is 34.1 Å². The Morgan fingerprint density at radius 2 is 1.79 bits per heavy atom. The summed E-state index contributed by atoms with van der Waals surface area (Å²) in [5.74, 6) is -4.20. The predicted octanol–water partition coefficient (Wildman–Crippen LogP) is 1.07. The van der Waals surface area contributed by atoms with Crippen molar-refractivity contribution in [1.82, 2.24) is 31.1 Å². The number of imide groups is 1. The monoisotopic (exact) mass is 717 g/mol. The number of guanidine groups is 1. The number of fused-ring (bicyclic) bond motifs is 3. The Bertz CT molecular complexity index is 1780. The Morgan fingerprint density at radius 3 is 2.52 bits per heavy atom. The van der Waals surface area contributed by atoms with Gasteiger partial charge in [0.25, 0.3) is 5.91 Å². The molecule has 4 heterocycles. The van der Waals surface area contributed by atoms with E-state index in [-0.39, 0.29) is 37.7 Å². The number of hydrogen-bond acceptors (Lipinski definition) is 11. The molecule has 0 bridgehead atoms. The van der Waals surface area contributed by atoms with Gasteiger partial charge in [-0.2, -0.15) is 0 Å². The van der Waals surface area contributed by atoms with Crippen LogP contribution >= 0.6 is 34.8 Å². The highest BCUT2D eigenvalue weighted by atomic mass is 35.6. The summed E-state index contributed by atoms with van der Waals surface area (Å²) < 4.78 is 3.12. The van der Waals surface area contributed by atoms with Crippen LogP contribution in [-0.4, -0.2) is 103 Å². The molecule has 7 rings (SSSR count). The van der Waals surface area contributed by atoms with E-state index in [0.29, 0.717) is 12.0 Å². The molecular formula is C31H30Cl3N7O7. The number of alkyl halides is 3. The number of aliphatic imine (C=N–C) groups is 1. The zero-order valence-electron chi connectivity index (χ0n) is 25.1. The fourth-order valence-electron chi connectivity index (χ4n) is 7.33. The Morgan fingerprint density at radius 1 is 1.08 bits per heavy atom. The van der Waals surface area contributed by atoms with E-state index in [1.54, 1.807) is 12.1 Å². The average Bonchev–Trinajstić information content (AvgIpc) is 3.74. The van der Waals surface area contributed by atoms with Crippen molar-refractivity contribution >= 4 is 64.6 Å². The second kappa shape index (κ2) is 11.5. The quantitative estimate of drug-likeness (QED) is 0.127. The number of benzene rings is 2. The van der Waals surface area contributed by atoms with Crippen LogP contribution in [0.4, 0.5) is 4.79 Å². The number of nitrogens with one attached hydrogen (secondary N) is 4. The van der Waals surface area contributed by atoms with Crippen LogP contribution in [0, 0.1) is 0 Å². The van der Waals surface area contributed by atoms with Crippen molar-refractivity contribution in [3.8, 4) is 11.1 Å². The predicted molar refractivity (Wildman–Crippen MR) is 174 cm³/mol. The lowest BCUT2D eigenvalue weighted by Crippen LogP contribution is -2.78. The van der Waals surface area contributed by atoms with Gasteiger partial charge in [0.1, 0.15) is 12.6 Å². The molecule has 1 unspecified atom stereocenters. The molecule has 2 aromatic rings. The third kappa shape index (κ3) is 5.22. The Kier molecular flexibility index (Phi) is 7.79. The van der Waals surface area contributed by atoms with E-state index in [1.165, 1.54) is 4.90 Å². The number of halogens is 3. The third-order valence-electron chi connectivity index (χ3n) is 9.36. The number of likely N-dealkylation sites (tertiary alicyclic amines) is 1. The first kappa shape index (κ1) is 32.5. The molecule has 14 nitrogen and oxygen atoms in total. The molecule has 4 aliphatic heterocycles. The van der Waals surface area contributed by atoms with Gasteiger partial charge in [0.05, 0.1) is 24.4 Å². The van der Waals surface area contributed by atoms with Crippen molar-refractivity contribution in [2.24, 2.45) is 4.99 Å². The standard InChI is InChI=1S/C31H30Cl3N7O7/c1-15-35-25-20(12-40-22(42)9-10-23(40)43)36-27(38-28(45)48-14-29(32,33)34)41-13-21(31(46,47)30(25,41)39-15)37-26(44)19-8-4-6-17-11-16-5-2-3-7-18(16)24(17)19/h2-8,20-21,25,35,39,46-47H,1,9-14H2,(H,37,44)(H,36,38,45)/t20-,21?,25-,30-/m0/s1. The van der Waals surface area contributed by atoms with Crippen LogP contribution in [-0.2, 0) is 20.7 Å². The van der Waals surface area contributed by atoms with Crippen LogP contribution in [0.5, 0.6) is 0 Å². The Balaban J connectivity index is 1.24. The van der Waals surface area contributed by atoms with Crippen LogP contribution in [0.1, 0.15) is 34.3 Å². The molecule has 2 aromatic carbocycles. The second-order valence-electron chi connectivity index (χ2n) is 12.3. The third-order valence-corrected chi connectivity index (χ3v) is 9.69. The van der Waals surface area contributed by atoms with E-state index in [9.17, 15) is 29.4 Å². The molecule has 0 aromatic heterocycles. The highest BCUT2D eigenvalue weighted by Gasteiger charge is 2.74. The van der Waals surface area contributed by atoms with Gasteiger partial charge in [-0.25, -0.2) is 9.79 Å². The van der Waals surface area contributed by atoms with Crippen LogP contribution < -0.4 is 21.3 Å². The number of ether oxygens (including phenoxy) is 1. The number of amides is 4. The minimum Gasteiger partial charge on any atom is -0.445 e. The summed E-state index contributed by atoms with van der Waals surface area (Å²) >= 11 is 17.2. The molecular weight excluding hydrogens is 689 g/mol. The van der Waals surface area contributed by atoms with E-state index in [2.05, 4.69) is 32.8 Å². The Labute approximate surface area is 289 Å². The highest BCUT2D eigenvalue weighted by molar-refractivity contribution is 6.67. The fraction of sp³-hybridized carbons (Fsp3) is 0.387. The van der Waals surface area contributed by atoms with Gasteiger partial charge in [0.15, 0.2) is 5.66 Å². The SMILES string of the molecule is C=C1N[C@H]2[C@H](CN3C(=O)CCC3=O)N=C(NC(=O)OCC(Cl)(Cl)Cl)N3CC(NC(=O)c4cccc5c4-c4ccccc4C5)C(O)(O)[C@]23N1. The topological polar surface area (TPSA) is 185 Å².